The van der Waals surface area contributed by atoms with Crippen LogP contribution in [0, 0.1) is 13.8 Å². The van der Waals surface area contributed by atoms with Gasteiger partial charge in [0.15, 0.2) is 11.5 Å². The average Bonchev–Trinajstić information content (AvgIpc) is 3.07. The Hall–Kier alpha value is -2.79. The summed E-state index contributed by atoms with van der Waals surface area (Å²) >= 11 is 0. The van der Waals surface area contributed by atoms with Crippen LogP contribution in [0.25, 0.3) is 10.9 Å². The quantitative estimate of drug-likeness (QED) is 0.768. The maximum Gasteiger partial charge on any atom is 0.252 e. The summed E-state index contributed by atoms with van der Waals surface area (Å²) in [5.74, 6) is 1.55. The van der Waals surface area contributed by atoms with Gasteiger partial charge in [-0.2, -0.15) is 0 Å². The third kappa shape index (κ3) is 2.98. The molecule has 128 valence electrons. The molecule has 3 aromatic rings. The standard InChI is InChI=1S/C20H20N2O3/c1-12-3-4-13(2)19-16(12)8-15(20(23)22-19)10-21-9-14-5-6-17-18(7-14)25-11-24-17/h3-8,21H,9-11H2,1-2H3,(H,22,23). The van der Waals surface area contributed by atoms with Gasteiger partial charge in [-0.1, -0.05) is 18.2 Å². The maximum atomic E-state index is 12.4. The van der Waals surface area contributed by atoms with Gasteiger partial charge in [0.05, 0.1) is 5.52 Å². The predicted molar refractivity (Wildman–Crippen MR) is 97.2 cm³/mol. The molecule has 0 unspecified atom stereocenters. The van der Waals surface area contributed by atoms with E-state index < -0.39 is 0 Å². The van der Waals surface area contributed by atoms with Crippen molar-refractivity contribution < 1.29 is 9.47 Å². The average molecular weight is 336 g/mol. The molecule has 5 nitrogen and oxygen atoms in total. The first-order chi connectivity index (χ1) is 12.1. The molecule has 1 aliphatic heterocycles. The Bertz CT molecular complexity index is 1010. The number of nitrogens with one attached hydrogen (secondary N) is 2. The van der Waals surface area contributed by atoms with Crippen molar-refractivity contribution >= 4 is 10.9 Å². The van der Waals surface area contributed by atoms with Gasteiger partial charge < -0.3 is 19.8 Å². The van der Waals surface area contributed by atoms with E-state index in [4.69, 9.17) is 9.47 Å². The summed E-state index contributed by atoms with van der Waals surface area (Å²) < 4.78 is 10.7. The van der Waals surface area contributed by atoms with Crippen LogP contribution >= 0.6 is 0 Å². The highest BCUT2D eigenvalue weighted by Crippen LogP contribution is 2.32. The van der Waals surface area contributed by atoms with Crippen molar-refractivity contribution in [1.29, 1.82) is 0 Å². The molecule has 0 fully saturated rings. The lowest BCUT2D eigenvalue weighted by Crippen LogP contribution is -2.21. The second-order valence-corrected chi connectivity index (χ2v) is 6.40. The van der Waals surface area contributed by atoms with Crippen LogP contribution in [0.3, 0.4) is 0 Å². The van der Waals surface area contributed by atoms with Crippen LogP contribution < -0.4 is 20.3 Å². The Morgan fingerprint density at radius 1 is 1.00 bits per heavy atom. The lowest BCUT2D eigenvalue weighted by molar-refractivity contribution is 0.174. The van der Waals surface area contributed by atoms with Crippen molar-refractivity contribution in [1.82, 2.24) is 10.3 Å². The van der Waals surface area contributed by atoms with Gasteiger partial charge in [-0.05, 0) is 48.7 Å². The number of hydrogen-bond donors (Lipinski definition) is 2. The SMILES string of the molecule is Cc1ccc(C)c2[nH]c(=O)c(CNCc3ccc4c(c3)OCO4)cc12. The minimum atomic E-state index is -0.0422. The zero-order valence-corrected chi connectivity index (χ0v) is 14.3. The molecule has 5 heteroatoms. The second kappa shape index (κ2) is 6.26. The molecule has 2 N–H and O–H groups in total. The number of aryl methyl sites for hydroxylation is 2. The summed E-state index contributed by atoms with van der Waals surface area (Å²) in [7, 11) is 0. The Morgan fingerprint density at radius 2 is 1.80 bits per heavy atom. The molecule has 0 amide bonds. The molecule has 4 rings (SSSR count). The summed E-state index contributed by atoms with van der Waals surface area (Å²) in [5.41, 5.74) is 4.95. The Labute approximate surface area is 145 Å². The largest absolute Gasteiger partial charge is 0.454 e. The monoisotopic (exact) mass is 336 g/mol. The summed E-state index contributed by atoms with van der Waals surface area (Å²) in [6, 6.07) is 12.0. The molecule has 0 saturated carbocycles. The van der Waals surface area contributed by atoms with E-state index in [9.17, 15) is 4.79 Å². The lowest BCUT2D eigenvalue weighted by atomic mass is 10.0. The fourth-order valence-electron chi connectivity index (χ4n) is 3.14. The van der Waals surface area contributed by atoms with Crippen molar-refractivity contribution in [2.75, 3.05) is 6.79 Å². The number of ether oxygens (including phenoxy) is 2. The number of aromatic nitrogens is 1. The van der Waals surface area contributed by atoms with E-state index in [1.165, 1.54) is 0 Å². The van der Waals surface area contributed by atoms with Gasteiger partial charge in [-0.25, -0.2) is 0 Å². The van der Waals surface area contributed by atoms with Crippen molar-refractivity contribution in [2.45, 2.75) is 26.9 Å². The number of fused-ring (bicyclic) bond motifs is 2. The van der Waals surface area contributed by atoms with Crippen LogP contribution in [0.15, 0.2) is 41.2 Å². The molecule has 2 heterocycles. The van der Waals surface area contributed by atoms with Gasteiger partial charge in [0, 0.05) is 24.0 Å². The fourth-order valence-corrected chi connectivity index (χ4v) is 3.14. The van der Waals surface area contributed by atoms with E-state index in [-0.39, 0.29) is 12.4 Å². The van der Waals surface area contributed by atoms with Crippen molar-refractivity contribution in [3.8, 4) is 11.5 Å². The van der Waals surface area contributed by atoms with Crippen LogP contribution in [0.4, 0.5) is 0 Å². The summed E-state index contributed by atoms with van der Waals surface area (Å²) in [5, 5.41) is 4.43. The molecule has 0 saturated heterocycles. The van der Waals surface area contributed by atoms with Gasteiger partial charge in [0.1, 0.15) is 0 Å². The van der Waals surface area contributed by atoms with Crippen molar-refractivity contribution in [2.24, 2.45) is 0 Å². The summed E-state index contributed by atoms with van der Waals surface area (Å²) in [6.07, 6.45) is 0. The molecule has 0 aliphatic carbocycles. The molecule has 0 radical (unpaired) electrons. The highest BCUT2D eigenvalue weighted by molar-refractivity contribution is 5.85. The molecule has 25 heavy (non-hydrogen) atoms. The molecule has 0 spiro atoms. The van der Waals surface area contributed by atoms with Crippen LogP contribution in [-0.2, 0) is 13.1 Å². The number of benzene rings is 2. The second-order valence-electron chi connectivity index (χ2n) is 6.40. The number of aromatic amines is 1. The van der Waals surface area contributed by atoms with E-state index in [2.05, 4.69) is 23.3 Å². The minimum absolute atomic E-state index is 0.0422. The van der Waals surface area contributed by atoms with E-state index in [0.717, 1.165) is 44.7 Å². The maximum absolute atomic E-state index is 12.4. The highest BCUT2D eigenvalue weighted by Gasteiger charge is 2.13. The van der Waals surface area contributed by atoms with Gasteiger partial charge in [-0.3, -0.25) is 4.79 Å². The van der Waals surface area contributed by atoms with Crippen LogP contribution in [0.1, 0.15) is 22.3 Å². The van der Waals surface area contributed by atoms with Crippen LogP contribution in [-0.4, -0.2) is 11.8 Å². The zero-order valence-electron chi connectivity index (χ0n) is 14.3. The molecule has 1 aliphatic rings. The zero-order chi connectivity index (χ0) is 17.4. The van der Waals surface area contributed by atoms with Crippen molar-refractivity contribution in [3.05, 3.63) is 69.0 Å². The normalized spacial score (nSPS) is 12.7. The first kappa shape index (κ1) is 15.7. The van der Waals surface area contributed by atoms with Gasteiger partial charge in [0.2, 0.25) is 6.79 Å². The van der Waals surface area contributed by atoms with E-state index in [1.54, 1.807) is 0 Å². The van der Waals surface area contributed by atoms with Crippen LogP contribution in [0.5, 0.6) is 11.5 Å². The first-order valence-electron chi connectivity index (χ1n) is 8.33. The molecule has 1 aromatic heterocycles. The smallest absolute Gasteiger partial charge is 0.252 e. The summed E-state index contributed by atoms with van der Waals surface area (Å²) in [6.45, 7) is 5.50. The molecule has 0 bridgehead atoms. The Kier molecular flexibility index (Phi) is 3.93. The Balaban J connectivity index is 1.52. The number of pyridine rings is 1. The first-order valence-corrected chi connectivity index (χ1v) is 8.33. The Morgan fingerprint density at radius 3 is 2.68 bits per heavy atom. The number of rotatable bonds is 4. The number of hydrogen-bond acceptors (Lipinski definition) is 4. The molecule has 0 atom stereocenters. The minimum Gasteiger partial charge on any atom is -0.454 e. The third-order valence-corrected chi connectivity index (χ3v) is 4.60. The van der Waals surface area contributed by atoms with E-state index in [1.807, 2.05) is 37.3 Å². The summed E-state index contributed by atoms with van der Waals surface area (Å²) in [4.78, 5) is 15.4. The van der Waals surface area contributed by atoms with Crippen LogP contribution in [0.2, 0.25) is 0 Å². The van der Waals surface area contributed by atoms with E-state index >= 15 is 0 Å². The predicted octanol–water partition coefficient (Wildman–Crippen LogP) is 3.16. The van der Waals surface area contributed by atoms with E-state index in [0.29, 0.717) is 13.1 Å². The molecular weight excluding hydrogens is 316 g/mol. The van der Waals surface area contributed by atoms with Crippen molar-refractivity contribution in [3.63, 3.8) is 0 Å². The topological polar surface area (TPSA) is 63.4 Å². The fraction of sp³-hybridized carbons (Fsp3) is 0.250. The lowest BCUT2D eigenvalue weighted by Gasteiger charge is -2.09. The highest BCUT2D eigenvalue weighted by atomic mass is 16.7. The van der Waals surface area contributed by atoms with Gasteiger partial charge in [-0.15, -0.1) is 0 Å². The molecule has 2 aromatic carbocycles. The molecular formula is C20H20N2O3. The van der Waals surface area contributed by atoms with Gasteiger partial charge >= 0.3 is 0 Å². The van der Waals surface area contributed by atoms with Gasteiger partial charge in [0.25, 0.3) is 5.56 Å². The number of H-pyrrole nitrogens is 1. The third-order valence-electron chi connectivity index (χ3n) is 4.60.